The van der Waals surface area contributed by atoms with Gasteiger partial charge in [-0.3, -0.25) is 0 Å². The Morgan fingerprint density at radius 1 is 0.750 bits per heavy atom. The molecule has 0 aliphatic rings. The van der Waals surface area contributed by atoms with Crippen molar-refractivity contribution in [1.29, 1.82) is 0 Å². The van der Waals surface area contributed by atoms with Gasteiger partial charge >= 0.3 is 8.80 Å². The summed E-state index contributed by atoms with van der Waals surface area (Å²) >= 11 is 0. The Bertz CT molecular complexity index is 564. The summed E-state index contributed by atoms with van der Waals surface area (Å²) in [6.07, 6.45) is 12.6. The van der Waals surface area contributed by atoms with E-state index in [9.17, 15) is 0 Å². The van der Waals surface area contributed by atoms with Crippen LogP contribution < -0.4 is 0 Å². The maximum Gasteiger partial charge on any atom is 0.508 e. The van der Waals surface area contributed by atoms with Crippen LogP contribution in [0.3, 0.4) is 0 Å². The molecule has 0 bridgehead atoms. The first-order valence-electron chi connectivity index (χ1n) is 13.1. The molecule has 2 unspecified atom stereocenters. The molecule has 0 aliphatic carbocycles. The van der Waals surface area contributed by atoms with Gasteiger partial charge in [0.25, 0.3) is 0 Å². The van der Waals surface area contributed by atoms with Gasteiger partial charge in [-0.1, -0.05) is 82.6 Å². The normalized spacial score (nSPS) is 13.9. The van der Waals surface area contributed by atoms with Crippen molar-refractivity contribution in [2.24, 2.45) is 0 Å². The van der Waals surface area contributed by atoms with Crippen molar-refractivity contribution >= 4 is 8.80 Å². The minimum atomic E-state index is -2.89. The molecule has 2 atom stereocenters. The second-order valence-corrected chi connectivity index (χ2v) is 11.4. The lowest BCUT2D eigenvalue weighted by atomic mass is 9.96. The number of ether oxygens (including phenoxy) is 1. The molecule has 0 N–H and O–H groups in total. The van der Waals surface area contributed by atoms with Crippen LogP contribution in [0.5, 0.6) is 0 Å². The molecule has 0 saturated carbocycles. The lowest BCUT2D eigenvalue weighted by Crippen LogP contribution is -2.52. The lowest BCUT2D eigenvalue weighted by Gasteiger charge is -2.36. The third-order valence-corrected chi connectivity index (χ3v) is 9.68. The van der Waals surface area contributed by atoms with Crippen molar-refractivity contribution in [3.8, 4) is 0 Å². The molecular formula is C27H50O4Si. The smallest absolute Gasteiger partial charge is 0.381 e. The van der Waals surface area contributed by atoms with E-state index in [1.165, 1.54) is 62.5 Å². The second-order valence-electron chi connectivity index (χ2n) is 8.67. The SMILES string of the molecule is CCCCCCCCCCC(c1ccccc1CC(C)OC)[Si](OCC)(OCC)OCC. The molecule has 0 aliphatic heterocycles. The molecule has 0 heterocycles. The number of rotatable bonds is 20. The van der Waals surface area contributed by atoms with Gasteiger partial charge in [-0.05, 0) is 51.7 Å². The maximum atomic E-state index is 6.40. The number of benzene rings is 1. The van der Waals surface area contributed by atoms with Crippen molar-refractivity contribution in [2.75, 3.05) is 26.9 Å². The van der Waals surface area contributed by atoms with Crippen molar-refractivity contribution in [2.45, 2.75) is 110 Å². The summed E-state index contributed by atoms with van der Waals surface area (Å²) in [5.41, 5.74) is 2.80. The molecule has 0 aromatic heterocycles. The van der Waals surface area contributed by atoms with E-state index in [4.69, 9.17) is 18.0 Å². The Morgan fingerprint density at radius 3 is 1.81 bits per heavy atom. The van der Waals surface area contributed by atoms with Crippen LogP contribution in [0.2, 0.25) is 0 Å². The van der Waals surface area contributed by atoms with Gasteiger partial charge in [0.15, 0.2) is 0 Å². The zero-order valence-electron chi connectivity index (χ0n) is 21.8. The average Bonchev–Trinajstić information content (AvgIpc) is 2.79. The molecule has 1 aromatic carbocycles. The molecule has 0 spiro atoms. The standard InChI is InChI=1S/C27H50O4Si/c1-7-11-12-13-14-15-16-17-22-27(32(29-8-2,30-9-3)31-10-4)26-21-19-18-20-25(26)23-24(5)28-6/h18-21,24,27H,7-17,22-23H2,1-6H3. The zero-order valence-corrected chi connectivity index (χ0v) is 22.8. The van der Waals surface area contributed by atoms with E-state index < -0.39 is 8.80 Å². The predicted molar refractivity (Wildman–Crippen MR) is 137 cm³/mol. The van der Waals surface area contributed by atoms with Crippen LogP contribution >= 0.6 is 0 Å². The van der Waals surface area contributed by atoms with Gasteiger partial charge in [0.1, 0.15) is 0 Å². The van der Waals surface area contributed by atoms with Gasteiger partial charge in [0.05, 0.1) is 11.6 Å². The zero-order chi connectivity index (χ0) is 23.7. The van der Waals surface area contributed by atoms with E-state index >= 15 is 0 Å². The molecule has 1 rings (SSSR count). The summed E-state index contributed by atoms with van der Waals surface area (Å²) in [7, 11) is -1.10. The largest absolute Gasteiger partial charge is 0.508 e. The summed E-state index contributed by atoms with van der Waals surface area (Å²) in [6, 6.07) is 8.75. The number of unbranched alkanes of at least 4 members (excludes halogenated alkanes) is 7. The molecule has 1 aromatic rings. The van der Waals surface area contributed by atoms with E-state index in [1.54, 1.807) is 7.11 Å². The molecule has 186 valence electrons. The Kier molecular flexibility index (Phi) is 16.2. The molecule has 0 fully saturated rings. The van der Waals surface area contributed by atoms with Crippen molar-refractivity contribution in [1.82, 2.24) is 0 Å². The Hall–Kier alpha value is -0.723. The minimum Gasteiger partial charge on any atom is -0.381 e. The molecule has 4 nitrogen and oxygen atoms in total. The van der Waals surface area contributed by atoms with E-state index in [-0.39, 0.29) is 11.6 Å². The third-order valence-electron chi connectivity index (χ3n) is 6.15. The van der Waals surface area contributed by atoms with Crippen molar-refractivity contribution < 1.29 is 18.0 Å². The van der Waals surface area contributed by atoms with Gasteiger partial charge in [-0.25, -0.2) is 0 Å². The van der Waals surface area contributed by atoms with Crippen LogP contribution in [0, 0.1) is 0 Å². The molecular weight excluding hydrogens is 416 g/mol. The van der Waals surface area contributed by atoms with Gasteiger partial charge in [0.2, 0.25) is 0 Å². The van der Waals surface area contributed by atoms with Gasteiger partial charge in [0, 0.05) is 26.9 Å². The van der Waals surface area contributed by atoms with Crippen LogP contribution in [0.25, 0.3) is 0 Å². The molecule has 5 heteroatoms. The Balaban J connectivity index is 3.08. The van der Waals surface area contributed by atoms with Gasteiger partial charge in [-0.2, -0.15) is 0 Å². The fourth-order valence-electron chi connectivity index (χ4n) is 4.49. The summed E-state index contributed by atoms with van der Waals surface area (Å²) in [6.45, 7) is 12.4. The first kappa shape index (κ1) is 29.3. The fraction of sp³-hybridized carbons (Fsp3) is 0.778. The van der Waals surface area contributed by atoms with Crippen molar-refractivity contribution in [3.63, 3.8) is 0 Å². The summed E-state index contributed by atoms with van der Waals surface area (Å²) < 4.78 is 24.8. The fourth-order valence-corrected chi connectivity index (χ4v) is 7.77. The highest BCUT2D eigenvalue weighted by atomic mass is 28.4. The van der Waals surface area contributed by atoms with E-state index in [1.807, 2.05) is 20.8 Å². The number of hydrogen-bond donors (Lipinski definition) is 0. The lowest BCUT2D eigenvalue weighted by molar-refractivity contribution is 0.0600. The first-order valence-corrected chi connectivity index (χ1v) is 14.9. The van der Waals surface area contributed by atoms with Crippen LogP contribution in [0.1, 0.15) is 109 Å². The monoisotopic (exact) mass is 466 g/mol. The summed E-state index contributed by atoms with van der Waals surface area (Å²) in [5, 5.41) is 0. The van der Waals surface area contributed by atoms with Crippen LogP contribution in [-0.4, -0.2) is 41.8 Å². The Morgan fingerprint density at radius 2 is 1.28 bits per heavy atom. The molecule has 0 radical (unpaired) electrons. The highest BCUT2D eigenvalue weighted by Crippen LogP contribution is 2.37. The van der Waals surface area contributed by atoms with Gasteiger partial charge in [-0.15, -0.1) is 0 Å². The third kappa shape index (κ3) is 10.0. The average molecular weight is 467 g/mol. The molecule has 0 amide bonds. The highest BCUT2D eigenvalue weighted by molar-refractivity contribution is 6.62. The summed E-state index contributed by atoms with van der Waals surface area (Å²) in [4.78, 5) is 0. The van der Waals surface area contributed by atoms with E-state index in [0.29, 0.717) is 19.8 Å². The van der Waals surface area contributed by atoms with Crippen LogP contribution in [0.4, 0.5) is 0 Å². The molecule has 32 heavy (non-hydrogen) atoms. The van der Waals surface area contributed by atoms with E-state index in [0.717, 1.165) is 12.8 Å². The van der Waals surface area contributed by atoms with E-state index in [2.05, 4.69) is 38.1 Å². The maximum absolute atomic E-state index is 6.40. The first-order chi connectivity index (χ1) is 15.6. The summed E-state index contributed by atoms with van der Waals surface area (Å²) in [5.74, 6) is 0. The Labute approximate surface area is 199 Å². The minimum absolute atomic E-state index is 0.155. The quantitative estimate of drug-likeness (QED) is 0.147. The van der Waals surface area contributed by atoms with Crippen LogP contribution in [0.15, 0.2) is 24.3 Å². The second kappa shape index (κ2) is 17.7. The topological polar surface area (TPSA) is 36.9 Å². The highest BCUT2D eigenvalue weighted by Gasteiger charge is 2.50. The van der Waals surface area contributed by atoms with Crippen molar-refractivity contribution in [3.05, 3.63) is 35.4 Å². The molecule has 0 saturated heterocycles. The number of hydrogen-bond acceptors (Lipinski definition) is 4. The predicted octanol–water partition coefficient (Wildman–Crippen LogP) is 7.47. The van der Waals surface area contributed by atoms with Gasteiger partial charge < -0.3 is 18.0 Å². The van der Waals surface area contributed by atoms with Crippen LogP contribution in [-0.2, 0) is 24.4 Å². The number of methoxy groups -OCH3 is 1.